The zero-order valence-corrected chi connectivity index (χ0v) is 7.86. The fraction of sp³-hybridized carbons (Fsp3) is 0.667. The SMILES string of the molecule is C=CC(=O)OC(CO)COCCC. The van der Waals surface area contributed by atoms with Crippen molar-refractivity contribution in [3.8, 4) is 0 Å². The normalized spacial score (nSPS) is 12.2. The van der Waals surface area contributed by atoms with E-state index in [4.69, 9.17) is 14.6 Å². The van der Waals surface area contributed by atoms with Gasteiger partial charge in [0, 0.05) is 12.7 Å². The van der Waals surface area contributed by atoms with E-state index in [1.165, 1.54) is 0 Å². The summed E-state index contributed by atoms with van der Waals surface area (Å²) in [5, 5.41) is 8.78. The summed E-state index contributed by atoms with van der Waals surface area (Å²) >= 11 is 0. The van der Waals surface area contributed by atoms with Crippen LogP contribution in [0.3, 0.4) is 0 Å². The second-order valence-corrected chi connectivity index (χ2v) is 2.52. The maximum absolute atomic E-state index is 10.7. The number of aliphatic hydroxyl groups is 1. The molecule has 0 aromatic carbocycles. The maximum atomic E-state index is 10.7. The van der Waals surface area contributed by atoms with Crippen molar-refractivity contribution in [3.63, 3.8) is 0 Å². The minimum absolute atomic E-state index is 0.226. The second-order valence-electron chi connectivity index (χ2n) is 2.52. The molecule has 0 fully saturated rings. The minimum Gasteiger partial charge on any atom is -0.454 e. The predicted octanol–water partition coefficient (Wildman–Crippen LogP) is 0.503. The molecule has 0 saturated carbocycles. The van der Waals surface area contributed by atoms with Gasteiger partial charge in [0.1, 0.15) is 6.10 Å². The zero-order valence-electron chi connectivity index (χ0n) is 7.86. The molecule has 0 aliphatic heterocycles. The van der Waals surface area contributed by atoms with Gasteiger partial charge in [-0.05, 0) is 6.42 Å². The van der Waals surface area contributed by atoms with Crippen LogP contribution in [0.4, 0.5) is 0 Å². The lowest BCUT2D eigenvalue weighted by Gasteiger charge is -2.13. The molecule has 0 aliphatic carbocycles. The Morgan fingerprint density at radius 3 is 2.85 bits per heavy atom. The van der Waals surface area contributed by atoms with Crippen LogP contribution in [0.1, 0.15) is 13.3 Å². The van der Waals surface area contributed by atoms with E-state index in [-0.39, 0.29) is 13.2 Å². The number of hydrogen-bond acceptors (Lipinski definition) is 4. The van der Waals surface area contributed by atoms with E-state index in [2.05, 4.69) is 6.58 Å². The number of aliphatic hydroxyl groups excluding tert-OH is 1. The highest BCUT2D eigenvalue weighted by molar-refractivity contribution is 5.81. The van der Waals surface area contributed by atoms with Gasteiger partial charge < -0.3 is 14.6 Å². The first-order valence-corrected chi connectivity index (χ1v) is 4.26. The molecule has 4 nitrogen and oxygen atoms in total. The van der Waals surface area contributed by atoms with Crippen LogP contribution in [0.15, 0.2) is 12.7 Å². The predicted molar refractivity (Wildman–Crippen MR) is 48.3 cm³/mol. The van der Waals surface area contributed by atoms with Gasteiger partial charge in [-0.2, -0.15) is 0 Å². The third-order valence-electron chi connectivity index (χ3n) is 1.31. The Morgan fingerprint density at radius 1 is 1.69 bits per heavy atom. The highest BCUT2D eigenvalue weighted by atomic mass is 16.6. The highest BCUT2D eigenvalue weighted by Crippen LogP contribution is 1.94. The number of ether oxygens (including phenoxy) is 2. The lowest BCUT2D eigenvalue weighted by molar-refractivity contribution is -0.148. The van der Waals surface area contributed by atoms with Gasteiger partial charge in [0.05, 0.1) is 13.2 Å². The summed E-state index contributed by atoms with van der Waals surface area (Å²) in [5.74, 6) is -0.542. The van der Waals surface area contributed by atoms with E-state index in [0.29, 0.717) is 6.61 Å². The van der Waals surface area contributed by atoms with E-state index < -0.39 is 12.1 Å². The Labute approximate surface area is 78.2 Å². The molecule has 0 rings (SSSR count). The van der Waals surface area contributed by atoms with Gasteiger partial charge in [0.15, 0.2) is 0 Å². The molecular weight excluding hydrogens is 172 g/mol. The van der Waals surface area contributed by atoms with Crippen LogP contribution in [0.5, 0.6) is 0 Å². The standard InChI is InChI=1S/C9H16O4/c1-3-5-12-7-8(6-10)13-9(11)4-2/h4,8,10H,2-3,5-7H2,1H3. The van der Waals surface area contributed by atoms with Crippen molar-refractivity contribution in [3.05, 3.63) is 12.7 Å². The average molecular weight is 188 g/mol. The lowest BCUT2D eigenvalue weighted by Crippen LogP contribution is -2.26. The number of carbonyl (C=O) groups excluding carboxylic acids is 1. The molecule has 0 amide bonds. The van der Waals surface area contributed by atoms with Gasteiger partial charge in [0.25, 0.3) is 0 Å². The molecule has 0 bridgehead atoms. The Bertz CT molecular complexity index is 156. The molecule has 1 atom stereocenters. The maximum Gasteiger partial charge on any atom is 0.330 e. The third kappa shape index (κ3) is 6.31. The molecule has 0 spiro atoms. The van der Waals surface area contributed by atoms with Crippen LogP contribution < -0.4 is 0 Å². The molecule has 0 heterocycles. The monoisotopic (exact) mass is 188 g/mol. The van der Waals surface area contributed by atoms with Crippen LogP contribution >= 0.6 is 0 Å². The summed E-state index contributed by atoms with van der Waals surface area (Å²) in [7, 11) is 0. The molecule has 1 unspecified atom stereocenters. The zero-order chi connectivity index (χ0) is 10.1. The van der Waals surface area contributed by atoms with Crippen LogP contribution in [-0.2, 0) is 14.3 Å². The molecule has 0 saturated heterocycles. The molecule has 1 N–H and O–H groups in total. The molecule has 0 radical (unpaired) electrons. The number of hydrogen-bond donors (Lipinski definition) is 1. The molecular formula is C9H16O4. The van der Waals surface area contributed by atoms with Gasteiger partial charge in [-0.15, -0.1) is 0 Å². The smallest absolute Gasteiger partial charge is 0.330 e. The summed E-state index contributed by atoms with van der Waals surface area (Å²) in [6.45, 7) is 5.82. The molecule has 76 valence electrons. The number of rotatable bonds is 7. The van der Waals surface area contributed by atoms with Crippen LogP contribution in [0.25, 0.3) is 0 Å². The highest BCUT2D eigenvalue weighted by Gasteiger charge is 2.10. The summed E-state index contributed by atoms with van der Waals surface area (Å²) in [6.07, 6.45) is 1.37. The summed E-state index contributed by atoms with van der Waals surface area (Å²) in [4.78, 5) is 10.7. The van der Waals surface area contributed by atoms with Crippen molar-refractivity contribution in [2.75, 3.05) is 19.8 Å². The van der Waals surface area contributed by atoms with Gasteiger partial charge in [-0.1, -0.05) is 13.5 Å². The number of esters is 1. The summed E-state index contributed by atoms with van der Waals surface area (Å²) in [5.41, 5.74) is 0. The molecule has 13 heavy (non-hydrogen) atoms. The Morgan fingerprint density at radius 2 is 2.38 bits per heavy atom. The van der Waals surface area contributed by atoms with Crippen molar-refractivity contribution in [1.29, 1.82) is 0 Å². The Balaban J connectivity index is 3.62. The van der Waals surface area contributed by atoms with E-state index in [9.17, 15) is 4.79 Å². The first-order valence-electron chi connectivity index (χ1n) is 4.26. The Hall–Kier alpha value is -0.870. The molecule has 4 heteroatoms. The first-order chi connectivity index (χ1) is 6.24. The van der Waals surface area contributed by atoms with Crippen LogP contribution in [-0.4, -0.2) is 37.0 Å². The minimum atomic E-state index is -0.586. The fourth-order valence-corrected chi connectivity index (χ4v) is 0.695. The largest absolute Gasteiger partial charge is 0.454 e. The topological polar surface area (TPSA) is 55.8 Å². The van der Waals surface area contributed by atoms with E-state index >= 15 is 0 Å². The van der Waals surface area contributed by atoms with E-state index in [1.807, 2.05) is 6.92 Å². The van der Waals surface area contributed by atoms with Crippen molar-refractivity contribution in [2.45, 2.75) is 19.4 Å². The first kappa shape index (κ1) is 12.1. The fourth-order valence-electron chi connectivity index (χ4n) is 0.695. The van der Waals surface area contributed by atoms with Crippen molar-refractivity contribution in [1.82, 2.24) is 0 Å². The molecule has 0 aromatic rings. The number of carbonyl (C=O) groups is 1. The van der Waals surface area contributed by atoms with Crippen molar-refractivity contribution >= 4 is 5.97 Å². The second kappa shape index (κ2) is 7.76. The van der Waals surface area contributed by atoms with Gasteiger partial charge in [-0.3, -0.25) is 0 Å². The quantitative estimate of drug-likeness (QED) is 0.359. The van der Waals surface area contributed by atoms with Gasteiger partial charge in [0.2, 0.25) is 0 Å². The van der Waals surface area contributed by atoms with Crippen LogP contribution in [0, 0.1) is 0 Å². The van der Waals surface area contributed by atoms with Crippen molar-refractivity contribution < 1.29 is 19.4 Å². The lowest BCUT2D eigenvalue weighted by atomic mass is 10.4. The van der Waals surface area contributed by atoms with E-state index in [0.717, 1.165) is 12.5 Å². The Kier molecular flexibility index (Phi) is 7.24. The summed E-state index contributed by atoms with van der Waals surface area (Å²) < 4.78 is 9.87. The average Bonchev–Trinajstić information content (AvgIpc) is 2.16. The van der Waals surface area contributed by atoms with Gasteiger partial charge in [-0.25, -0.2) is 4.79 Å². The van der Waals surface area contributed by atoms with Crippen molar-refractivity contribution in [2.24, 2.45) is 0 Å². The van der Waals surface area contributed by atoms with E-state index in [1.54, 1.807) is 0 Å². The van der Waals surface area contributed by atoms with Gasteiger partial charge >= 0.3 is 5.97 Å². The third-order valence-corrected chi connectivity index (χ3v) is 1.31. The van der Waals surface area contributed by atoms with Crippen LogP contribution in [0.2, 0.25) is 0 Å². The molecule has 0 aromatic heterocycles. The molecule has 0 aliphatic rings. The summed E-state index contributed by atoms with van der Waals surface area (Å²) in [6, 6.07) is 0.